The van der Waals surface area contributed by atoms with Gasteiger partial charge in [-0.15, -0.1) is 0 Å². The van der Waals surface area contributed by atoms with Gasteiger partial charge in [0.15, 0.2) is 9.84 Å². The van der Waals surface area contributed by atoms with Crippen molar-refractivity contribution < 1.29 is 13.2 Å². The molecule has 0 aromatic heterocycles. The summed E-state index contributed by atoms with van der Waals surface area (Å²) in [4.78, 5) is 14.0. The van der Waals surface area contributed by atoms with Gasteiger partial charge < -0.3 is 10.6 Å². The quantitative estimate of drug-likeness (QED) is 0.856. The molecule has 1 aromatic rings. The lowest BCUT2D eigenvalue weighted by Crippen LogP contribution is -2.34. The number of hydrogen-bond donors (Lipinski definition) is 1. The first-order valence-corrected chi connectivity index (χ1v) is 9.03. The fraction of sp³-hybridized carbons (Fsp3) is 0.533. The summed E-state index contributed by atoms with van der Waals surface area (Å²) in [7, 11) is -2.98. The van der Waals surface area contributed by atoms with Crippen LogP contribution >= 0.6 is 0 Å². The first-order valence-electron chi connectivity index (χ1n) is 7.21. The lowest BCUT2D eigenvalue weighted by atomic mass is 9.97. The van der Waals surface area contributed by atoms with E-state index in [2.05, 4.69) is 0 Å². The normalized spacial score (nSPS) is 19.8. The molecule has 0 aliphatic carbocycles. The van der Waals surface area contributed by atoms with E-state index >= 15 is 0 Å². The Morgan fingerprint density at radius 3 is 2.57 bits per heavy atom. The molecule has 1 aromatic carbocycles. The number of nitrogens with zero attached hydrogens (tertiary/aromatic N) is 1. The van der Waals surface area contributed by atoms with Crippen molar-refractivity contribution in [2.45, 2.75) is 25.7 Å². The number of nitrogen functional groups attached to an aromatic ring is 1. The van der Waals surface area contributed by atoms with Crippen LogP contribution in [0.25, 0.3) is 0 Å². The van der Waals surface area contributed by atoms with Crippen LogP contribution in [0.3, 0.4) is 0 Å². The van der Waals surface area contributed by atoms with E-state index < -0.39 is 9.84 Å². The highest BCUT2D eigenvalue weighted by Crippen LogP contribution is 2.21. The van der Waals surface area contributed by atoms with Crippen molar-refractivity contribution in [3.05, 3.63) is 29.8 Å². The number of amides is 1. The lowest BCUT2D eigenvalue weighted by Gasteiger charge is -2.22. The highest BCUT2D eigenvalue weighted by molar-refractivity contribution is 7.91. The molecule has 6 heteroatoms. The van der Waals surface area contributed by atoms with Gasteiger partial charge in [0, 0.05) is 25.2 Å². The highest BCUT2D eigenvalue weighted by Gasteiger charge is 2.23. The van der Waals surface area contributed by atoms with Crippen LogP contribution in [0.5, 0.6) is 0 Å². The Bertz CT molecular complexity index is 596. The van der Waals surface area contributed by atoms with Gasteiger partial charge in [0.25, 0.3) is 0 Å². The van der Waals surface area contributed by atoms with Crippen LogP contribution in [-0.4, -0.2) is 43.8 Å². The number of nitrogens with two attached hydrogens (primary N) is 1. The number of carbonyl (C=O) groups excluding carboxylic acids is 1. The van der Waals surface area contributed by atoms with E-state index in [9.17, 15) is 13.2 Å². The zero-order chi connectivity index (χ0) is 15.5. The second-order valence-corrected chi connectivity index (χ2v) is 7.96. The Kier molecular flexibility index (Phi) is 4.88. The van der Waals surface area contributed by atoms with E-state index in [-0.39, 0.29) is 23.3 Å². The Morgan fingerprint density at radius 2 is 1.90 bits per heavy atom. The summed E-state index contributed by atoms with van der Waals surface area (Å²) in [6.07, 6.45) is 0.925. The van der Waals surface area contributed by atoms with Crippen molar-refractivity contribution in [3.8, 4) is 0 Å². The van der Waals surface area contributed by atoms with Gasteiger partial charge in [-0.2, -0.15) is 0 Å². The molecule has 2 N–H and O–H groups in total. The topological polar surface area (TPSA) is 80.5 Å². The first-order chi connectivity index (χ1) is 9.87. The SMILES string of the molecule is CC(CC(=O)N1CCCS(=O)(=O)CC1)c1ccc(N)cc1. The molecule has 0 saturated carbocycles. The molecule has 1 atom stereocenters. The van der Waals surface area contributed by atoms with Crippen LogP contribution in [0.15, 0.2) is 24.3 Å². The summed E-state index contributed by atoms with van der Waals surface area (Å²) in [5.74, 6) is 0.383. The van der Waals surface area contributed by atoms with Gasteiger partial charge in [-0.1, -0.05) is 19.1 Å². The molecule has 0 spiro atoms. The molecule has 0 radical (unpaired) electrons. The zero-order valence-electron chi connectivity index (χ0n) is 12.3. The second-order valence-electron chi connectivity index (χ2n) is 5.66. The summed E-state index contributed by atoms with van der Waals surface area (Å²) in [5, 5.41) is 0. The average Bonchev–Trinajstić information content (AvgIpc) is 2.60. The van der Waals surface area contributed by atoms with Gasteiger partial charge in [-0.25, -0.2) is 8.42 Å². The first kappa shape index (κ1) is 15.8. The van der Waals surface area contributed by atoms with Crippen molar-refractivity contribution in [2.24, 2.45) is 0 Å². The number of carbonyl (C=O) groups is 1. The number of hydrogen-bond acceptors (Lipinski definition) is 4. The molecular weight excluding hydrogens is 288 g/mol. The van der Waals surface area contributed by atoms with Crippen molar-refractivity contribution in [2.75, 3.05) is 30.3 Å². The van der Waals surface area contributed by atoms with Gasteiger partial charge in [-0.05, 0) is 30.0 Å². The number of anilines is 1. The fourth-order valence-corrected chi connectivity index (χ4v) is 3.79. The fourth-order valence-electron chi connectivity index (χ4n) is 2.52. The minimum absolute atomic E-state index is 0.0245. The molecule has 1 aliphatic heterocycles. The average molecular weight is 310 g/mol. The second kappa shape index (κ2) is 6.47. The van der Waals surface area contributed by atoms with E-state index in [4.69, 9.17) is 5.73 Å². The molecule has 5 nitrogen and oxygen atoms in total. The molecule has 1 fully saturated rings. The van der Waals surface area contributed by atoms with E-state index in [1.54, 1.807) is 4.90 Å². The summed E-state index contributed by atoms with van der Waals surface area (Å²) in [6, 6.07) is 7.52. The zero-order valence-corrected chi connectivity index (χ0v) is 13.1. The van der Waals surface area contributed by atoms with Crippen LogP contribution in [0.2, 0.25) is 0 Å². The van der Waals surface area contributed by atoms with Crippen LogP contribution in [0.1, 0.15) is 31.2 Å². The summed E-state index contributed by atoms with van der Waals surface area (Å²) in [6.45, 7) is 2.85. The molecule has 1 heterocycles. The third kappa shape index (κ3) is 4.46. The predicted molar refractivity (Wildman–Crippen MR) is 83.7 cm³/mol. The Morgan fingerprint density at radius 1 is 1.24 bits per heavy atom. The van der Waals surface area contributed by atoms with Gasteiger partial charge in [0.1, 0.15) is 0 Å². The Balaban J connectivity index is 1.96. The predicted octanol–water partition coefficient (Wildman–Crippen LogP) is 1.41. The van der Waals surface area contributed by atoms with Crippen molar-refractivity contribution >= 4 is 21.4 Å². The van der Waals surface area contributed by atoms with Crippen LogP contribution in [-0.2, 0) is 14.6 Å². The molecule has 1 saturated heterocycles. The molecule has 1 aliphatic rings. The van der Waals surface area contributed by atoms with Crippen molar-refractivity contribution in [3.63, 3.8) is 0 Å². The molecule has 116 valence electrons. The monoisotopic (exact) mass is 310 g/mol. The van der Waals surface area contributed by atoms with Crippen LogP contribution in [0, 0.1) is 0 Å². The van der Waals surface area contributed by atoms with Gasteiger partial charge in [0.05, 0.1) is 11.5 Å². The molecular formula is C15H22N2O3S. The van der Waals surface area contributed by atoms with Crippen LogP contribution < -0.4 is 5.73 Å². The van der Waals surface area contributed by atoms with E-state index in [0.29, 0.717) is 31.6 Å². The number of benzene rings is 1. The number of sulfone groups is 1. The lowest BCUT2D eigenvalue weighted by molar-refractivity contribution is -0.131. The maximum atomic E-state index is 12.3. The summed E-state index contributed by atoms with van der Waals surface area (Å²) < 4.78 is 23.1. The Labute approximate surface area is 126 Å². The third-order valence-corrected chi connectivity index (χ3v) is 5.61. The van der Waals surface area contributed by atoms with Gasteiger partial charge in [-0.3, -0.25) is 4.79 Å². The molecule has 1 amide bonds. The molecule has 0 bridgehead atoms. The Hall–Kier alpha value is -1.56. The molecule has 1 unspecified atom stereocenters. The van der Waals surface area contributed by atoms with Crippen molar-refractivity contribution in [1.82, 2.24) is 4.90 Å². The third-order valence-electron chi connectivity index (χ3n) is 3.89. The van der Waals surface area contributed by atoms with Crippen LogP contribution in [0.4, 0.5) is 5.69 Å². The van der Waals surface area contributed by atoms with E-state index in [0.717, 1.165) is 5.56 Å². The van der Waals surface area contributed by atoms with E-state index in [1.807, 2.05) is 31.2 Å². The largest absolute Gasteiger partial charge is 0.399 e. The van der Waals surface area contributed by atoms with E-state index in [1.165, 1.54) is 0 Å². The molecule has 2 rings (SSSR count). The maximum absolute atomic E-state index is 12.3. The van der Waals surface area contributed by atoms with Crippen molar-refractivity contribution in [1.29, 1.82) is 0 Å². The minimum atomic E-state index is -2.98. The standard InChI is InChI=1S/C15H22N2O3S/c1-12(13-3-5-14(16)6-4-13)11-15(18)17-7-2-9-21(19,20)10-8-17/h3-6,12H,2,7-11,16H2,1H3. The number of rotatable bonds is 3. The summed E-state index contributed by atoms with van der Waals surface area (Å²) >= 11 is 0. The minimum Gasteiger partial charge on any atom is -0.399 e. The highest BCUT2D eigenvalue weighted by atomic mass is 32.2. The smallest absolute Gasteiger partial charge is 0.223 e. The maximum Gasteiger partial charge on any atom is 0.223 e. The van der Waals surface area contributed by atoms with Gasteiger partial charge in [0.2, 0.25) is 5.91 Å². The molecule has 21 heavy (non-hydrogen) atoms. The van der Waals surface area contributed by atoms with Gasteiger partial charge >= 0.3 is 0 Å². The summed E-state index contributed by atoms with van der Waals surface area (Å²) in [5.41, 5.74) is 7.43.